The lowest BCUT2D eigenvalue weighted by Gasteiger charge is -2.09. The molecule has 0 N–H and O–H groups in total. The van der Waals surface area contributed by atoms with Gasteiger partial charge in [0, 0.05) is 5.75 Å². The SMILES string of the molecule is C.C.C.C.CCSC(CSC)SC. The fourth-order valence-corrected chi connectivity index (χ4v) is 3.85. The van der Waals surface area contributed by atoms with E-state index in [1.165, 1.54) is 11.5 Å². The molecule has 13 heavy (non-hydrogen) atoms. The first-order chi connectivity index (χ1) is 4.35. The van der Waals surface area contributed by atoms with Gasteiger partial charge in [-0.25, -0.2) is 0 Å². The zero-order valence-corrected chi connectivity index (χ0v) is 8.67. The molecule has 1 atom stereocenters. The lowest BCUT2D eigenvalue weighted by atomic mass is 10.9. The first-order valence-electron chi connectivity index (χ1n) is 2.98. The van der Waals surface area contributed by atoms with Crippen LogP contribution in [0.3, 0.4) is 0 Å². The fraction of sp³-hybridized carbons (Fsp3) is 1.00. The largest absolute Gasteiger partial charge is 0.163 e. The van der Waals surface area contributed by atoms with Gasteiger partial charge in [0.2, 0.25) is 0 Å². The zero-order valence-electron chi connectivity index (χ0n) is 6.22. The predicted molar refractivity (Wildman–Crippen MR) is 80.7 cm³/mol. The van der Waals surface area contributed by atoms with Crippen molar-refractivity contribution < 1.29 is 0 Å². The zero-order chi connectivity index (χ0) is 7.11. The van der Waals surface area contributed by atoms with Gasteiger partial charge in [-0.15, -0.1) is 11.8 Å². The highest BCUT2D eigenvalue weighted by Gasteiger charge is 2.02. The molecule has 3 heteroatoms. The van der Waals surface area contributed by atoms with Crippen LogP contribution in [0.2, 0.25) is 0 Å². The maximum absolute atomic E-state index is 2.22. The Morgan fingerprint density at radius 3 is 1.69 bits per heavy atom. The molecule has 0 amide bonds. The summed E-state index contributed by atoms with van der Waals surface area (Å²) < 4.78 is 0.810. The Morgan fingerprint density at radius 1 is 1.00 bits per heavy atom. The van der Waals surface area contributed by atoms with Crippen molar-refractivity contribution in [3.05, 3.63) is 0 Å². The number of thioether (sulfide) groups is 3. The smallest absolute Gasteiger partial charge is 0.0589 e. The maximum atomic E-state index is 2.22. The topological polar surface area (TPSA) is 0 Å². The number of hydrogen-bond donors (Lipinski definition) is 0. The predicted octanol–water partition coefficient (Wildman–Crippen LogP) is 5.34. The summed E-state index contributed by atoms with van der Waals surface area (Å²) in [6, 6.07) is 0. The summed E-state index contributed by atoms with van der Waals surface area (Å²) in [6.07, 6.45) is 4.35. The quantitative estimate of drug-likeness (QED) is 0.601. The van der Waals surface area contributed by atoms with Crippen molar-refractivity contribution in [3.8, 4) is 0 Å². The van der Waals surface area contributed by atoms with Crippen LogP contribution in [0, 0.1) is 0 Å². The molecule has 0 aromatic rings. The Balaban J connectivity index is -0.0000000533. The molecule has 0 radical (unpaired) electrons. The first-order valence-corrected chi connectivity index (χ1v) is 6.71. The Hall–Kier alpha value is 1.05. The van der Waals surface area contributed by atoms with Crippen LogP contribution < -0.4 is 0 Å². The molecule has 88 valence electrons. The average molecular weight is 247 g/mol. The average Bonchev–Trinajstić information content (AvgIpc) is 1.88. The van der Waals surface area contributed by atoms with Gasteiger partial charge < -0.3 is 0 Å². The van der Waals surface area contributed by atoms with Crippen LogP contribution in [0.25, 0.3) is 0 Å². The Bertz CT molecular complexity index is 52.1. The monoisotopic (exact) mass is 246 g/mol. The number of rotatable bonds is 5. The van der Waals surface area contributed by atoms with Gasteiger partial charge in [0.05, 0.1) is 4.58 Å². The third kappa shape index (κ3) is 19.5. The van der Waals surface area contributed by atoms with Crippen LogP contribution in [0.15, 0.2) is 0 Å². The summed E-state index contributed by atoms with van der Waals surface area (Å²) in [5, 5.41) is 0. The fourth-order valence-electron chi connectivity index (χ4n) is 0.506. The van der Waals surface area contributed by atoms with Gasteiger partial charge in [-0.3, -0.25) is 0 Å². The Labute approximate surface area is 100 Å². The molecular weight excluding hydrogens is 216 g/mol. The van der Waals surface area contributed by atoms with Gasteiger partial charge in [-0.05, 0) is 18.3 Å². The summed E-state index contributed by atoms with van der Waals surface area (Å²) in [5.74, 6) is 2.52. The van der Waals surface area contributed by atoms with Crippen molar-refractivity contribution in [2.45, 2.75) is 41.2 Å². The van der Waals surface area contributed by atoms with Crippen LogP contribution in [-0.4, -0.2) is 28.6 Å². The van der Waals surface area contributed by atoms with Gasteiger partial charge in [0.25, 0.3) is 0 Å². The molecule has 0 saturated carbocycles. The molecule has 0 saturated heterocycles. The molecule has 0 rings (SSSR count). The van der Waals surface area contributed by atoms with E-state index in [-0.39, 0.29) is 29.7 Å². The minimum atomic E-state index is 0. The van der Waals surface area contributed by atoms with Crippen molar-refractivity contribution in [2.75, 3.05) is 24.0 Å². The van der Waals surface area contributed by atoms with Crippen LogP contribution in [0.4, 0.5) is 0 Å². The summed E-state index contributed by atoms with van der Waals surface area (Å²) in [5.41, 5.74) is 0. The molecule has 1 unspecified atom stereocenters. The van der Waals surface area contributed by atoms with Gasteiger partial charge in [0.15, 0.2) is 0 Å². The molecule has 0 aliphatic heterocycles. The van der Waals surface area contributed by atoms with Crippen molar-refractivity contribution in [1.82, 2.24) is 0 Å². The minimum Gasteiger partial charge on any atom is -0.163 e. The van der Waals surface area contributed by atoms with Crippen LogP contribution >= 0.6 is 35.3 Å². The van der Waals surface area contributed by atoms with E-state index in [2.05, 4.69) is 19.4 Å². The number of hydrogen-bond acceptors (Lipinski definition) is 3. The molecule has 0 bridgehead atoms. The molecule has 0 nitrogen and oxygen atoms in total. The molecule has 0 aliphatic carbocycles. The molecule has 0 aromatic heterocycles. The summed E-state index contributed by atoms with van der Waals surface area (Å²) >= 11 is 5.94. The first kappa shape index (κ1) is 29.2. The molecule has 0 aliphatic rings. The molecule has 0 fully saturated rings. The Kier molecular flexibility index (Phi) is 52.0. The van der Waals surface area contributed by atoms with Crippen molar-refractivity contribution in [1.29, 1.82) is 0 Å². The molecular formula is C10H30S3. The lowest BCUT2D eigenvalue weighted by Crippen LogP contribution is -1.99. The minimum absolute atomic E-state index is 0. The van der Waals surface area contributed by atoms with Gasteiger partial charge >= 0.3 is 0 Å². The lowest BCUT2D eigenvalue weighted by molar-refractivity contribution is 1.42. The van der Waals surface area contributed by atoms with Crippen molar-refractivity contribution in [2.24, 2.45) is 0 Å². The van der Waals surface area contributed by atoms with Crippen LogP contribution in [-0.2, 0) is 0 Å². The second-order valence-electron chi connectivity index (χ2n) is 1.58. The van der Waals surface area contributed by atoms with E-state index in [1.807, 2.05) is 35.3 Å². The van der Waals surface area contributed by atoms with Crippen LogP contribution in [0.5, 0.6) is 0 Å². The van der Waals surface area contributed by atoms with Gasteiger partial charge in [-0.1, -0.05) is 36.6 Å². The van der Waals surface area contributed by atoms with Crippen molar-refractivity contribution in [3.63, 3.8) is 0 Å². The third-order valence-corrected chi connectivity index (χ3v) is 4.56. The highest BCUT2D eigenvalue weighted by Crippen LogP contribution is 2.23. The third-order valence-electron chi connectivity index (χ3n) is 0.918. The van der Waals surface area contributed by atoms with Crippen LogP contribution in [0.1, 0.15) is 36.6 Å². The van der Waals surface area contributed by atoms with E-state index < -0.39 is 0 Å². The van der Waals surface area contributed by atoms with Gasteiger partial charge in [0.1, 0.15) is 0 Å². The summed E-state index contributed by atoms with van der Waals surface area (Å²) in [6.45, 7) is 2.22. The molecule has 0 aromatic carbocycles. The van der Waals surface area contributed by atoms with E-state index >= 15 is 0 Å². The van der Waals surface area contributed by atoms with E-state index in [0.717, 1.165) is 4.58 Å². The van der Waals surface area contributed by atoms with E-state index in [9.17, 15) is 0 Å². The summed E-state index contributed by atoms with van der Waals surface area (Å²) in [7, 11) is 0. The van der Waals surface area contributed by atoms with Gasteiger partial charge in [-0.2, -0.15) is 23.5 Å². The standard InChI is InChI=1S/C6H14S3.4CH4/c1-4-9-6(8-3)5-7-2;;;;/h6H,4-5H2,1-3H3;4*1H4. The highest BCUT2D eigenvalue weighted by atomic mass is 32.2. The van der Waals surface area contributed by atoms with Crippen molar-refractivity contribution >= 4 is 35.3 Å². The second kappa shape index (κ2) is 23.1. The normalized spacial score (nSPS) is 9.46. The van der Waals surface area contributed by atoms with E-state index in [0.29, 0.717) is 0 Å². The van der Waals surface area contributed by atoms with E-state index in [4.69, 9.17) is 0 Å². The second-order valence-corrected chi connectivity index (χ2v) is 5.31. The molecule has 0 heterocycles. The van der Waals surface area contributed by atoms with E-state index in [1.54, 1.807) is 0 Å². The highest BCUT2D eigenvalue weighted by molar-refractivity contribution is 8.17. The summed E-state index contributed by atoms with van der Waals surface area (Å²) in [4.78, 5) is 0. The Morgan fingerprint density at radius 2 is 1.46 bits per heavy atom. The molecule has 0 spiro atoms. The maximum Gasteiger partial charge on any atom is 0.0589 e.